The fourth-order valence-corrected chi connectivity index (χ4v) is 4.48. The van der Waals surface area contributed by atoms with E-state index in [9.17, 15) is 0 Å². The molecule has 160 valence electrons. The van der Waals surface area contributed by atoms with Crippen molar-refractivity contribution in [2.45, 2.75) is 13.5 Å². The van der Waals surface area contributed by atoms with Crippen LogP contribution in [-0.2, 0) is 6.54 Å². The smallest absolute Gasteiger partial charge is 0.205 e. The van der Waals surface area contributed by atoms with Crippen LogP contribution in [0.3, 0.4) is 0 Å². The van der Waals surface area contributed by atoms with Gasteiger partial charge in [-0.1, -0.05) is 53.8 Å². The first kappa shape index (κ1) is 20.1. The second kappa shape index (κ2) is 8.76. The van der Waals surface area contributed by atoms with Gasteiger partial charge in [0.25, 0.3) is 0 Å². The molecule has 0 fully saturated rings. The summed E-state index contributed by atoms with van der Waals surface area (Å²) in [5.41, 5.74) is 5.46. The quantitative estimate of drug-likeness (QED) is 0.367. The average Bonchev–Trinajstić information content (AvgIpc) is 3.44. The fourth-order valence-electron chi connectivity index (χ4n) is 3.78. The molecule has 8 heteroatoms. The van der Waals surface area contributed by atoms with Gasteiger partial charge in [0.05, 0.1) is 5.69 Å². The van der Waals surface area contributed by atoms with E-state index in [-0.39, 0.29) is 0 Å². The molecule has 2 aromatic carbocycles. The maximum absolute atomic E-state index is 4.45. The second-order valence-electron chi connectivity index (χ2n) is 7.45. The normalized spacial score (nSPS) is 11.1. The van der Waals surface area contributed by atoms with Gasteiger partial charge in [-0.3, -0.25) is 0 Å². The number of fused-ring (bicyclic) bond motifs is 1. The molecule has 5 aromatic rings. The third kappa shape index (κ3) is 4.04. The standard InChI is InChI=1S/C24H23N7S/c1-16-13-19-5-3-4-6-21(19)31(16)12-11-26-22-14-20(27-15-28-22)17-7-9-18(10-8-17)23-29-30-24(25-2)32-23/h3-10,13-15H,11-12H2,1-2H3,(H,25,30)(H,26,27,28). The van der Waals surface area contributed by atoms with Crippen LogP contribution in [0.15, 0.2) is 67.0 Å². The number of anilines is 2. The fraction of sp³-hybridized carbons (Fsp3) is 0.167. The van der Waals surface area contributed by atoms with Crippen LogP contribution >= 0.6 is 11.3 Å². The minimum atomic E-state index is 0.778. The van der Waals surface area contributed by atoms with Crippen molar-refractivity contribution >= 4 is 33.2 Å². The number of hydrogen-bond donors (Lipinski definition) is 2. The van der Waals surface area contributed by atoms with Gasteiger partial charge in [0.2, 0.25) is 5.13 Å². The molecule has 0 saturated carbocycles. The Labute approximate surface area is 190 Å². The van der Waals surface area contributed by atoms with E-state index < -0.39 is 0 Å². The zero-order chi connectivity index (χ0) is 21.9. The van der Waals surface area contributed by atoms with Gasteiger partial charge in [-0.25, -0.2) is 9.97 Å². The highest BCUT2D eigenvalue weighted by Crippen LogP contribution is 2.28. The predicted octanol–water partition coefficient (Wildman–Crippen LogP) is 5.08. The monoisotopic (exact) mass is 441 g/mol. The van der Waals surface area contributed by atoms with Crippen molar-refractivity contribution in [3.63, 3.8) is 0 Å². The number of para-hydroxylation sites is 1. The molecule has 0 amide bonds. The summed E-state index contributed by atoms with van der Waals surface area (Å²) in [5, 5.41) is 17.7. The molecular formula is C24H23N7S. The van der Waals surface area contributed by atoms with Gasteiger partial charge >= 0.3 is 0 Å². The summed E-state index contributed by atoms with van der Waals surface area (Å²) in [4.78, 5) is 8.84. The number of aryl methyl sites for hydroxylation is 1. The van der Waals surface area contributed by atoms with E-state index in [1.807, 2.05) is 25.2 Å². The van der Waals surface area contributed by atoms with E-state index in [0.29, 0.717) is 0 Å². The highest BCUT2D eigenvalue weighted by atomic mass is 32.1. The van der Waals surface area contributed by atoms with Crippen LogP contribution < -0.4 is 10.6 Å². The van der Waals surface area contributed by atoms with Gasteiger partial charge in [-0.15, -0.1) is 10.2 Å². The van der Waals surface area contributed by atoms with Crippen molar-refractivity contribution in [3.8, 4) is 21.8 Å². The number of nitrogens with one attached hydrogen (secondary N) is 2. The summed E-state index contributed by atoms with van der Waals surface area (Å²) in [6, 6.07) is 20.9. The van der Waals surface area contributed by atoms with E-state index in [1.54, 1.807) is 6.33 Å². The molecule has 32 heavy (non-hydrogen) atoms. The zero-order valence-corrected chi connectivity index (χ0v) is 18.7. The number of hydrogen-bond acceptors (Lipinski definition) is 7. The SMILES string of the molecule is CNc1nnc(-c2ccc(-c3cc(NCCn4c(C)cc5ccccc54)ncn3)cc2)s1. The molecule has 0 radical (unpaired) electrons. The maximum atomic E-state index is 4.45. The topological polar surface area (TPSA) is 80.5 Å². The van der Waals surface area contributed by atoms with Crippen molar-refractivity contribution in [1.82, 2.24) is 24.7 Å². The van der Waals surface area contributed by atoms with Crippen molar-refractivity contribution in [2.24, 2.45) is 0 Å². The highest BCUT2D eigenvalue weighted by molar-refractivity contribution is 7.18. The van der Waals surface area contributed by atoms with E-state index in [1.165, 1.54) is 27.9 Å². The first-order valence-corrected chi connectivity index (χ1v) is 11.3. The lowest BCUT2D eigenvalue weighted by Gasteiger charge is -2.11. The lowest BCUT2D eigenvalue weighted by Crippen LogP contribution is -2.12. The van der Waals surface area contributed by atoms with Crippen LogP contribution in [0.2, 0.25) is 0 Å². The van der Waals surface area contributed by atoms with Crippen LogP contribution in [-0.4, -0.2) is 38.3 Å². The van der Waals surface area contributed by atoms with Crippen molar-refractivity contribution in [2.75, 3.05) is 24.2 Å². The lowest BCUT2D eigenvalue weighted by atomic mass is 10.1. The van der Waals surface area contributed by atoms with E-state index in [2.05, 4.69) is 84.8 Å². The predicted molar refractivity (Wildman–Crippen MR) is 131 cm³/mol. The molecule has 0 unspecified atom stereocenters. The molecule has 0 spiro atoms. The molecule has 7 nitrogen and oxygen atoms in total. The van der Waals surface area contributed by atoms with Gasteiger partial charge in [0.15, 0.2) is 0 Å². The Morgan fingerprint density at radius 1 is 0.938 bits per heavy atom. The Hall–Kier alpha value is -3.78. The molecule has 5 rings (SSSR count). The maximum Gasteiger partial charge on any atom is 0.205 e. The van der Waals surface area contributed by atoms with Crippen LogP contribution in [0.25, 0.3) is 32.7 Å². The van der Waals surface area contributed by atoms with Crippen LogP contribution in [0.1, 0.15) is 5.69 Å². The summed E-state index contributed by atoms with van der Waals surface area (Å²) in [6.45, 7) is 3.79. The van der Waals surface area contributed by atoms with E-state index >= 15 is 0 Å². The summed E-state index contributed by atoms with van der Waals surface area (Å²) >= 11 is 1.53. The number of aromatic nitrogens is 5. The second-order valence-corrected chi connectivity index (χ2v) is 8.43. The molecule has 0 bridgehead atoms. The first-order valence-electron chi connectivity index (χ1n) is 10.4. The molecule has 0 atom stereocenters. The highest BCUT2D eigenvalue weighted by Gasteiger charge is 2.08. The summed E-state index contributed by atoms with van der Waals surface area (Å²) in [6.07, 6.45) is 1.60. The van der Waals surface area contributed by atoms with Crippen molar-refractivity contribution in [1.29, 1.82) is 0 Å². The largest absolute Gasteiger partial charge is 0.368 e. The van der Waals surface area contributed by atoms with Gasteiger partial charge in [0, 0.05) is 48.5 Å². The van der Waals surface area contributed by atoms with Crippen molar-refractivity contribution in [3.05, 3.63) is 72.7 Å². The van der Waals surface area contributed by atoms with Crippen LogP contribution in [0.5, 0.6) is 0 Å². The number of rotatable bonds is 7. The van der Waals surface area contributed by atoms with E-state index in [4.69, 9.17) is 0 Å². The Bertz CT molecular complexity index is 1350. The molecule has 0 aliphatic heterocycles. The van der Waals surface area contributed by atoms with Gasteiger partial charge < -0.3 is 15.2 Å². The molecular weight excluding hydrogens is 418 g/mol. The summed E-state index contributed by atoms with van der Waals surface area (Å²) in [5.74, 6) is 0.816. The zero-order valence-electron chi connectivity index (χ0n) is 17.9. The van der Waals surface area contributed by atoms with Gasteiger partial charge in [-0.2, -0.15) is 0 Å². The lowest BCUT2D eigenvalue weighted by molar-refractivity contribution is 0.733. The Balaban J connectivity index is 1.27. The van der Waals surface area contributed by atoms with Gasteiger partial charge in [-0.05, 0) is 24.4 Å². The Morgan fingerprint density at radius 3 is 2.56 bits per heavy atom. The average molecular weight is 442 g/mol. The Morgan fingerprint density at radius 2 is 1.75 bits per heavy atom. The van der Waals surface area contributed by atoms with Crippen molar-refractivity contribution < 1.29 is 0 Å². The molecule has 0 aliphatic rings. The van der Waals surface area contributed by atoms with Crippen LogP contribution in [0.4, 0.5) is 10.9 Å². The molecule has 2 N–H and O–H groups in total. The van der Waals surface area contributed by atoms with Gasteiger partial charge in [0.1, 0.15) is 17.2 Å². The molecule has 0 saturated heterocycles. The summed E-state index contributed by atoms with van der Waals surface area (Å²) in [7, 11) is 1.84. The first-order chi connectivity index (χ1) is 15.7. The van der Waals surface area contributed by atoms with E-state index in [0.717, 1.165) is 45.9 Å². The minimum Gasteiger partial charge on any atom is -0.368 e. The minimum absolute atomic E-state index is 0.778. The summed E-state index contributed by atoms with van der Waals surface area (Å²) < 4.78 is 2.33. The van der Waals surface area contributed by atoms with Crippen LogP contribution in [0, 0.1) is 6.92 Å². The third-order valence-corrected chi connectivity index (χ3v) is 6.38. The molecule has 0 aliphatic carbocycles. The molecule has 3 aromatic heterocycles. The third-order valence-electron chi connectivity index (χ3n) is 5.39. The molecule has 3 heterocycles. The number of nitrogens with zero attached hydrogens (tertiary/aromatic N) is 5. The Kier molecular flexibility index (Phi) is 5.51. The number of benzene rings is 2.